The van der Waals surface area contributed by atoms with Crippen LogP contribution >= 0.6 is 0 Å². The maximum atomic E-state index is 13.2. The number of hydrogen-bond donors (Lipinski definition) is 1. The molecule has 0 unspecified atom stereocenters. The highest BCUT2D eigenvalue weighted by atomic mass is 19.4. The molecule has 3 aromatic rings. The van der Waals surface area contributed by atoms with Crippen molar-refractivity contribution in [3.63, 3.8) is 0 Å². The van der Waals surface area contributed by atoms with Gasteiger partial charge in [0.05, 0.1) is 37.1 Å². The highest BCUT2D eigenvalue weighted by Crippen LogP contribution is 2.35. The van der Waals surface area contributed by atoms with Crippen molar-refractivity contribution in [3.8, 4) is 17.5 Å². The summed E-state index contributed by atoms with van der Waals surface area (Å²) in [5.74, 6) is -1.44. The number of amides is 1. The van der Waals surface area contributed by atoms with E-state index < -0.39 is 17.6 Å². The van der Waals surface area contributed by atoms with Crippen LogP contribution in [0.2, 0.25) is 0 Å². The average molecular weight is 419 g/mol. The molecule has 0 radical (unpaired) electrons. The number of ether oxygens (including phenoxy) is 2. The van der Waals surface area contributed by atoms with Crippen molar-refractivity contribution in [2.75, 3.05) is 19.1 Å². The molecule has 1 N–H and O–H groups in total. The van der Waals surface area contributed by atoms with E-state index in [1.165, 1.54) is 50.6 Å². The van der Waals surface area contributed by atoms with Crippen molar-refractivity contribution in [1.82, 2.24) is 9.97 Å². The molecule has 0 aliphatic rings. The van der Waals surface area contributed by atoms with Gasteiger partial charge in [-0.25, -0.2) is 4.90 Å². The van der Waals surface area contributed by atoms with E-state index in [4.69, 9.17) is 9.47 Å². The van der Waals surface area contributed by atoms with Gasteiger partial charge in [-0.2, -0.15) is 23.1 Å². The summed E-state index contributed by atoms with van der Waals surface area (Å²) in [6, 6.07) is 11.1. The predicted octanol–water partition coefficient (Wildman–Crippen LogP) is 4.20. The van der Waals surface area contributed by atoms with Gasteiger partial charge in [-0.15, -0.1) is 0 Å². The van der Waals surface area contributed by atoms with E-state index in [1.54, 1.807) is 0 Å². The Morgan fingerprint density at radius 3 is 2.17 bits per heavy atom. The molecule has 0 atom stereocenters. The third kappa shape index (κ3) is 4.27. The van der Waals surface area contributed by atoms with Gasteiger partial charge in [0.25, 0.3) is 5.91 Å². The fourth-order valence-corrected chi connectivity index (χ4v) is 2.62. The molecule has 1 amide bonds. The number of para-hydroxylation sites is 1. The summed E-state index contributed by atoms with van der Waals surface area (Å²) in [6.07, 6.45) is -4.63. The van der Waals surface area contributed by atoms with Gasteiger partial charge in [-0.3, -0.25) is 4.79 Å². The molecule has 1 aromatic heterocycles. The molecular formula is C20H16F3N3O4. The first-order valence-electron chi connectivity index (χ1n) is 8.51. The van der Waals surface area contributed by atoms with Crippen molar-refractivity contribution in [2.45, 2.75) is 6.18 Å². The molecule has 0 spiro atoms. The number of alkyl halides is 3. The standard InChI is InChI=1S/C20H16F3N3O4/c1-29-16-11-17(30-2)25-19(24-16)26(18(28)14-8-3-4-9-15(14)27)13-7-5-6-12(10-13)20(21,22)23/h3-11,27H,1-2H3. The van der Waals surface area contributed by atoms with Gasteiger partial charge < -0.3 is 14.6 Å². The molecular weight excluding hydrogens is 403 g/mol. The first-order valence-corrected chi connectivity index (χ1v) is 8.51. The van der Waals surface area contributed by atoms with Crippen LogP contribution in [0.1, 0.15) is 15.9 Å². The third-order valence-corrected chi connectivity index (χ3v) is 4.05. The molecule has 1 heterocycles. The Labute approximate surface area is 169 Å². The van der Waals surface area contributed by atoms with Gasteiger partial charge >= 0.3 is 6.18 Å². The fourth-order valence-electron chi connectivity index (χ4n) is 2.62. The molecule has 10 heteroatoms. The van der Waals surface area contributed by atoms with Crippen LogP contribution in [0.4, 0.5) is 24.8 Å². The smallest absolute Gasteiger partial charge is 0.416 e. The summed E-state index contributed by atoms with van der Waals surface area (Å²) in [5.41, 5.74) is -1.28. The SMILES string of the molecule is COc1cc(OC)nc(N(C(=O)c2ccccc2O)c2cccc(C(F)(F)F)c2)n1. The van der Waals surface area contributed by atoms with E-state index in [1.807, 2.05) is 0 Å². The fraction of sp³-hybridized carbons (Fsp3) is 0.150. The summed E-state index contributed by atoms with van der Waals surface area (Å²) >= 11 is 0. The quantitative estimate of drug-likeness (QED) is 0.667. The highest BCUT2D eigenvalue weighted by Gasteiger charge is 2.32. The average Bonchev–Trinajstić information content (AvgIpc) is 2.73. The second-order valence-corrected chi connectivity index (χ2v) is 5.96. The minimum atomic E-state index is -4.63. The normalized spacial score (nSPS) is 11.1. The second kappa shape index (κ2) is 8.27. The van der Waals surface area contributed by atoms with E-state index in [-0.39, 0.29) is 34.7 Å². The summed E-state index contributed by atoms with van der Waals surface area (Å²) in [6.45, 7) is 0. The molecule has 0 saturated carbocycles. The van der Waals surface area contributed by atoms with Gasteiger partial charge in [-0.05, 0) is 30.3 Å². The molecule has 0 bridgehead atoms. The van der Waals surface area contributed by atoms with E-state index in [2.05, 4.69) is 9.97 Å². The zero-order valence-corrected chi connectivity index (χ0v) is 15.8. The zero-order valence-electron chi connectivity index (χ0n) is 15.8. The molecule has 30 heavy (non-hydrogen) atoms. The summed E-state index contributed by atoms with van der Waals surface area (Å²) in [7, 11) is 2.65. The van der Waals surface area contributed by atoms with Crippen molar-refractivity contribution in [2.24, 2.45) is 0 Å². The van der Waals surface area contributed by atoms with E-state index >= 15 is 0 Å². The number of rotatable bonds is 5. The number of carbonyl (C=O) groups is 1. The Bertz CT molecular complexity index is 1050. The minimum absolute atomic E-state index is 0.0268. The van der Waals surface area contributed by atoms with E-state index in [0.717, 1.165) is 23.1 Å². The lowest BCUT2D eigenvalue weighted by atomic mass is 10.1. The van der Waals surface area contributed by atoms with Crippen LogP contribution in [0.25, 0.3) is 0 Å². The summed E-state index contributed by atoms with van der Waals surface area (Å²) in [4.78, 5) is 22.2. The topological polar surface area (TPSA) is 84.8 Å². The number of anilines is 2. The van der Waals surface area contributed by atoms with Crippen LogP contribution in [-0.2, 0) is 6.18 Å². The lowest BCUT2D eigenvalue weighted by Crippen LogP contribution is -2.28. The largest absolute Gasteiger partial charge is 0.507 e. The number of aromatic nitrogens is 2. The van der Waals surface area contributed by atoms with Crippen LogP contribution in [0.3, 0.4) is 0 Å². The van der Waals surface area contributed by atoms with Crippen LogP contribution < -0.4 is 14.4 Å². The lowest BCUT2D eigenvalue weighted by molar-refractivity contribution is -0.137. The summed E-state index contributed by atoms with van der Waals surface area (Å²) in [5, 5.41) is 10.1. The van der Waals surface area contributed by atoms with Crippen LogP contribution in [0.5, 0.6) is 17.5 Å². The van der Waals surface area contributed by atoms with E-state index in [0.29, 0.717) is 0 Å². The molecule has 0 fully saturated rings. The molecule has 0 aliphatic carbocycles. The highest BCUT2D eigenvalue weighted by molar-refractivity contribution is 6.11. The number of hydrogen-bond acceptors (Lipinski definition) is 6. The Morgan fingerprint density at radius 1 is 0.967 bits per heavy atom. The van der Waals surface area contributed by atoms with Crippen molar-refractivity contribution in [1.29, 1.82) is 0 Å². The molecule has 3 rings (SSSR count). The Kier molecular flexibility index (Phi) is 5.77. The Hall–Kier alpha value is -3.82. The number of carbonyl (C=O) groups excluding carboxylic acids is 1. The third-order valence-electron chi connectivity index (χ3n) is 4.05. The summed E-state index contributed by atoms with van der Waals surface area (Å²) < 4.78 is 49.9. The number of phenols is 1. The number of phenolic OH excluding ortho intramolecular Hbond substituents is 1. The Morgan fingerprint density at radius 2 is 1.60 bits per heavy atom. The zero-order chi connectivity index (χ0) is 21.9. The lowest BCUT2D eigenvalue weighted by Gasteiger charge is -2.23. The van der Waals surface area contributed by atoms with Gasteiger partial charge in [0.15, 0.2) is 0 Å². The maximum Gasteiger partial charge on any atom is 0.416 e. The Balaban J connectivity index is 2.23. The number of halogens is 3. The number of nitrogens with zero attached hydrogens (tertiary/aromatic N) is 3. The maximum absolute atomic E-state index is 13.2. The van der Waals surface area contributed by atoms with Gasteiger partial charge in [-0.1, -0.05) is 18.2 Å². The van der Waals surface area contributed by atoms with Crippen molar-refractivity contribution in [3.05, 3.63) is 65.7 Å². The molecule has 0 aliphatic heterocycles. The minimum Gasteiger partial charge on any atom is -0.507 e. The van der Waals surface area contributed by atoms with Crippen LogP contribution in [0, 0.1) is 0 Å². The van der Waals surface area contributed by atoms with Gasteiger partial charge in [0.1, 0.15) is 5.75 Å². The van der Waals surface area contributed by atoms with Gasteiger partial charge in [0, 0.05) is 0 Å². The predicted molar refractivity (Wildman–Crippen MR) is 101 cm³/mol. The molecule has 0 saturated heterocycles. The van der Waals surface area contributed by atoms with Crippen molar-refractivity contribution < 1.29 is 32.5 Å². The number of methoxy groups -OCH3 is 2. The van der Waals surface area contributed by atoms with Crippen LogP contribution in [-0.4, -0.2) is 35.2 Å². The first-order chi connectivity index (χ1) is 14.2. The molecule has 156 valence electrons. The van der Waals surface area contributed by atoms with E-state index in [9.17, 15) is 23.1 Å². The number of aromatic hydroxyl groups is 1. The second-order valence-electron chi connectivity index (χ2n) is 5.96. The first kappa shape index (κ1) is 20.9. The van der Waals surface area contributed by atoms with Gasteiger partial charge in [0.2, 0.25) is 17.7 Å². The van der Waals surface area contributed by atoms with Crippen LogP contribution in [0.15, 0.2) is 54.6 Å². The molecule has 2 aromatic carbocycles. The van der Waals surface area contributed by atoms with Crippen molar-refractivity contribution >= 4 is 17.5 Å². The monoisotopic (exact) mass is 419 g/mol. The molecule has 7 nitrogen and oxygen atoms in total. The number of benzene rings is 2.